The maximum atomic E-state index is 13.7. The Morgan fingerprint density at radius 1 is 1.06 bits per heavy atom. The van der Waals surface area contributed by atoms with Crippen LogP contribution in [-0.4, -0.2) is 6.54 Å². The second kappa shape index (κ2) is 5.40. The molecule has 0 saturated heterocycles. The molecule has 3 heteroatoms. The Hall–Kier alpha value is -1.54. The Bertz CT molecular complexity index is 554. The third kappa shape index (κ3) is 2.34. The summed E-state index contributed by atoms with van der Waals surface area (Å²) in [5, 5.41) is 3.36. The fourth-order valence-electron chi connectivity index (χ4n) is 2.34. The van der Waals surface area contributed by atoms with E-state index in [1.807, 2.05) is 18.2 Å². The van der Waals surface area contributed by atoms with Crippen molar-refractivity contribution >= 4 is 18.1 Å². The number of aryl methyl sites for hydroxylation is 1. The summed E-state index contributed by atoms with van der Waals surface area (Å²) in [6.07, 6.45) is 2.22. The number of fused-ring (bicyclic) bond motifs is 1. The SMILES string of the molecule is Cl.Fc1ccccc1-c1ccc2c(c1)CCCN2. The van der Waals surface area contributed by atoms with E-state index in [4.69, 9.17) is 0 Å². The van der Waals surface area contributed by atoms with Gasteiger partial charge in [0.1, 0.15) is 5.82 Å². The number of nitrogens with one attached hydrogen (secondary N) is 1. The van der Waals surface area contributed by atoms with Crippen LogP contribution < -0.4 is 5.32 Å². The summed E-state index contributed by atoms with van der Waals surface area (Å²) in [6.45, 7) is 1.03. The zero-order valence-electron chi connectivity index (χ0n) is 9.95. The van der Waals surface area contributed by atoms with Crippen LogP contribution in [0.5, 0.6) is 0 Å². The molecule has 0 radical (unpaired) electrons. The highest BCUT2D eigenvalue weighted by molar-refractivity contribution is 5.85. The van der Waals surface area contributed by atoms with E-state index in [1.54, 1.807) is 6.07 Å². The lowest BCUT2D eigenvalue weighted by atomic mass is 9.97. The van der Waals surface area contributed by atoms with E-state index >= 15 is 0 Å². The van der Waals surface area contributed by atoms with Crippen molar-refractivity contribution in [3.05, 3.63) is 53.8 Å². The van der Waals surface area contributed by atoms with Crippen molar-refractivity contribution in [2.24, 2.45) is 0 Å². The van der Waals surface area contributed by atoms with Gasteiger partial charge in [0.15, 0.2) is 0 Å². The highest BCUT2D eigenvalue weighted by atomic mass is 35.5. The van der Waals surface area contributed by atoms with Crippen molar-refractivity contribution in [1.29, 1.82) is 0 Å². The molecular weight excluding hydrogens is 249 g/mol. The number of hydrogen-bond acceptors (Lipinski definition) is 1. The minimum atomic E-state index is -0.156. The summed E-state index contributed by atoms with van der Waals surface area (Å²) in [5.74, 6) is -0.156. The third-order valence-electron chi connectivity index (χ3n) is 3.23. The van der Waals surface area contributed by atoms with Gasteiger partial charge in [-0.3, -0.25) is 0 Å². The molecule has 0 aliphatic carbocycles. The molecule has 0 bridgehead atoms. The van der Waals surface area contributed by atoms with Gasteiger partial charge in [0, 0.05) is 17.8 Å². The van der Waals surface area contributed by atoms with Gasteiger partial charge in [-0.05, 0) is 42.2 Å². The van der Waals surface area contributed by atoms with Gasteiger partial charge in [0.05, 0.1) is 0 Å². The van der Waals surface area contributed by atoms with Gasteiger partial charge in [-0.25, -0.2) is 4.39 Å². The molecule has 18 heavy (non-hydrogen) atoms. The van der Waals surface area contributed by atoms with Crippen LogP contribution in [0.1, 0.15) is 12.0 Å². The molecule has 0 amide bonds. The van der Waals surface area contributed by atoms with Crippen LogP contribution >= 0.6 is 12.4 Å². The highest BCUT2D eigenvalue weighted by Crippen LogP contribution is 2.29. The van der Waals surface area contributed by atoms with Crippen LogP contribution in [0.25, 0.3) is 11.1 Å². The van der Waals surface area contributed by atoms with Crippen LogP contribution in [0.2, 0.25) is 0 Å². The summed E-state index contributed by atoms with van der Waals surface area (Å²) >= 11 is 0. The molecule has 1 N–H and O–H groups in total. The molecule has 1 aliphatic heterocycles. The quantitative estimate of drug-likeness (QED) is 0.810. The Balaban J connectivity index is 0.00000120. The van der Waals surface area contributed by atoms with Crippen LogP contribution in [0.4, 0.5) is 10.1 Å². The summed E-state index contributed by atoms with van der Waals surface area (Å²) in [5.41, 5.74) is 4.12. The fourth-order valence-corrected chi connectivity index (χ4v) is 2.34. The molecule has 0 spiro atoms. The molecule has 2 aromatic rings. The lowest BCUT2D eigenvalue weighted by molar-refractivity contribution is 0.631. The Labute approximate surface area is 112 Å². The first-order valence-electron chi connectivity index (χ1n) is 5.96. The molecule has 1 aliphatic rings. The van der Waals surface area contributed by atoms with Gasteiger partial charge in [-0.15, -0.1) is 12.4 Å². The lowest BCUT2D eigenvalue weighted by Crippen LogP contribution is -2.11. The second-order valence-corrected chi connectivity index (χ2v) is 4.38. The molecule has 0 fully saturated rings. The van der Waals surface area contributed by atoms with Gasteiger partial charge >= 0.3 is 0 Å². The molecule has 1 heterocycles. The molecule has 1 nitrogen and oxygen atoms in total. The van der Waals surface area contributed by atoms with Crippen molar-refractivity contribution in [3.8, 4) is 11.1 Å². The topological polar surface area (TPSA) is 12.0 Å². The summed E-state index contributed by atoms with van der Waals surface area (Å²) in [6, 6.07) is 13.1. The average Bonchev–Trinajstić information content (AvgIpc) is 2.39. The standard InChI is InChI=1S/C15H14FN.ClH/c16-14-6-2-1-5-13(14)11-7-8-15-12(10-11)4-3-9-17-15;/h1-2,5-8,10,17H,3-4,9H2;1H. The summed E-state index contributed by atoms with van der Waals surface area (Å²) in [7, 11) is 0. The third-order valence-corrected chi connectivity index (χ3v) is 3.23. The highest BCUT2D eigenvalue weighted by Gasteiger charge is 2.10. The maximum absolute atomic E-state index is 13.7. The zero-order chi connectivity index (χ0) is 11.7. The van der Waals surface area contributed by atoms with Crippen LogP contribution in [0.15, 0.2) is 42.5 Å². The molecule has 2 aromatic carbocycles. The minimum absolute atomic E-state index is 0. The van der Waals surface area contributed by atoms with E-state index in [0.717, 1.165) is 24.9 Å². The number of anilines is 1. The van der Waals surface area contributed by atoms with E-state index in [0.29, 0.717) is 5.56 Å². The van der Waals surface area contributed by atoms with E-state index in [-0.39, 0.29) is 18.2 Å². The maximum Gasteiger partial charge on any atom is 0.131 e. The van der Waals surface area contributed by atoms with E-state index < -0.39 is 0 Å². The lowest BCUT2D eigenvalue weighted by Gasteiger charge is -2.18. The summed E-state index contributed by atoms with van der Waals surface area (Å²) < 4.78 is 13.7. The monoisotopic (exact) mass is 263 g/mol. The van der Waals surface area contributed by atoms with E-state index in [1.165, 1.54) is 17.3 Å². The van der Waals surface area contributed by atoms with Crippen molar-refractivity contribution < 1.29 is 4.39 Å². The van der Waals surface area contributed by atoms with Crippen LogP contribution in [0, 0.1) is 5.82 Å². The molecular formula is C15H15ClFN. The van der Waals surface area contributed by atoms with Crippen molar-refractivity contribution in [2.75, 3.05) is 11.9 Å². The molecule has 3 rings (SSSR count). The Kier molecular flexibility index (Phi) is 3.87. The zero-order valence-corrected chi connectivity index (χ0v) is 10.8. The van der Waals surface area contributed by atoms with E-state index in [9.17, 15) is 4.39 Å². The number of benzene rings is 2. The summed E-state index contributed by atoms with van der Waals surface area (Å²) in [4.78, 5) is 0. The van der Waals surface area contributed by atoms with Crippen molar-refractivity contribution in [2.45, 2.75) is 12.8 Å². The minimum Gasteiger partial charge on any atom is -0.385 e. The predicted molar refractivity (Wildman–Crippen MR) is 75.9 cm³/mol. The first-order valence-corrected chi connectivity index (χ1v) is 5.96. The smallest absolute Gasteiger partial charge is 0.131 e. The molecule has 0 saturated carbocycles. The first kappa shape index (κ1) is 12.9. The largest absolute Gasteiger partial charge is 0.385 e. The van der Waals surface area contributed by atoms with Crippen LogP contribution in [0.3, 0.4) is 0 Å². The normalized spacial score (nSPS) is 13.2. The molecule has 0 unspecified atom stereocenters. The van der Waals surface area contributed by atoms with Crippen LogP contribution in [-0.2, 0) is 6.42 Å². The van der Waals surface area contributed by atoms with Gasteiger partial charge < -0.3 is 5.32 Å². The molecule has 94 valence electrons. The molecule has 0 atom stereocenters. The first-order chi connectivity index (χ1) is 8.34. The Morgan fingerprint density at radius 2 is 1.89 bits per heavy atom. The Morgan fingerprint density at radius 3 is 2.72 bits per heavy atom. The van der Waals surface area contributed by atoms with Crippen molar-refractivity contribution in [3.63, 3.8) is 0 Å². The number of hydrogen-bond donors (Lipinski definition) is 1. The second-order valence-electron chi connectivity index (χ2n) is 4.38. The number of rotatable bonds is 1. The fraction of sp³-hybridized carbons (Fsp3) is 0.200. The van der Waals surface area contributed by atoms with Gasteiger partial charge in [0.25, 0.3) is 0 Å². The molecule has 0 aromatic heterocycles. The average molecular weight is 264 g/mol. The number of halogens is 2. The van der Waals surface area contributed by atoms with Gasteiger partial charge in [0.2, 0.25) is 0 Å². The van der Waals surface area contributed by atoms with Gasteiger partial charge in [-0.2, -0.15) is 0 Å². The van der Waals surface area contributed by atoms with E-state index in [2.05, 4.69) is 17.4 Å². The van der Waals surface area contributed by atoms with Gasteiger partial charge in [-0.1, -0.05) is 24.3 Å². The van der Waals surface area contributed by atoms with Crippen molar-refractivity contribution in [1.82, 2.24) is 0 Å². The predicted octanol–water partition coefficient (Wildman–Crippen LogP) is 4.27.